The van der Waals surface area contributed by atoms with E-state index in [1.54, 1.807) is 18.7 Å². The van der Waals surface area contributed by atoms with E-state index in [4.69, 9.17) is 14.7 Å². The zero-order valence-corrected chi connectivity index (χ0v) is 36.9. The third kappa shape index (κ3) is 7.34. The van der Waals surface area contributed by atoms with Crippen molar-refractivity contribution in [1.82, 2.24) is 35.0 Å². The van der Waals surface area contributed by atoms with Gasteiger partial charge >= 0.3 is 0 Å². The third-order valence-corrected chi connectivity index (χ3v) is 15.8. The number of nitrogens with one attached hydrogen (secondary N) is 2. The first-order chi connectivity index (χ1) is 30.4. The Morgan fingerprint density at radius 1 is 0.921 bits per heavy atom. The number of rotatable bonds is 7. The lowest BCUT2D eigenvalue weighted by Gasteiger charge is -2.48. The van der Waals surface area contributed by atoms with Gasteiger partial charge in [0.25, 0.3) is 5.91 Å². The fraction of sp³-hybridized carbons (Fsp3) is 0.571. The highest BCUT2D eigenvalue weighted by Gasteiger charge is 2.45. The van der Waals surface area contributed by atoms with Gasteiger partial charge in [0.2, 0.25) is 17.8 Å². The first-order valence-electron chi connectivity index (χ1n) is 23.4. The summed E-state index contributed by atoms with van der Waals surface area (Å²) >= 11 is 0. The number of H-pyrrole nitrogens is 1. The molecule has 8 heterocycles. The smallest absolute Gasteiger partial charge is 0.255 e. The zero-order chi connectivity index (χ0) is 43.2. The summed E-state index contributed by atoms with van der Waals surface area (Å²) in [6.45, 7) is 12.7. The minimum absolute atomic E-state index is 0.146. The van der Waals surface area contributed by atoms with Gasteiger partial charge in [-0.05, 0) is 107 Å². The number of alkyl halides is 1. The van der Waals surface area contributed by atoms with E-state index in [0.29, 0.717) is 43.0 Å². The molecule has 13 nitrogen and oxygen atoms in total. The maximum atomic E-state index is 15.3. The van der Waals surface area contributed by atoms with Crippen LogP contribution in [0, 0.1) is 11.3 Å². The fourth-order valence-corrected chi connectivity index (χ4v) is 12.4. The second-order valence-corrected chi connectivity index (χ2v) is 20.4. The number of nitrogens with zero attached hydrogens (tertiary/aromatic N) is 7. The Labute approximate surface area is 368 Å². The van der Waals surface area contributed by atoms with E-state index < -0.39 is 17.6 Å². The summed E-state index contributed by atoms with van der Waals surface area (Å²) in [5.41, 5.74) is 6.12. The van der Waals surface area contributed by atoms with Crippen LogP contribution in [0.3, 0.4) is 0 Å². The van der Waals surface area contributed by atoms with Crippen molar-refractivity contribution in [3.63, 3.8) is 0 Å². The summed E-state index contributed by atoms with van der Waals surface area (Å²) in [5.74, 6) is 1.42. The second-order valence-electron chi connectivity index (χ2n) is 20.4. The Morgan fingerprint density at radius 3 is 2.46 bits per heavy atom. The molecule has 14 heteroatoms. The largest absolute Gasteiger partial charge is 0.489 e. The molecule has 2 aromatic carbocycles. The standard InChI is InChI=1S/C49H60FN9O4/c1-30-22-36-34-6-4-5-7-38(34)53-42(36)43(59(30)29-48(2,3)50)32-23-51-47(52-24-32)56-18-16-49(17-19-56)14-12-31(13-15-49)25-55-20-21-57-33(26-55)28-63-44-37-27-58(40-10-11-41(60)54-45(40)61)46(62)35(37)8-9-39(44)57/h4-9,23-24,30-31,33,40,43,53H,10-22,25-29H2,1-3H3,(H,54,60,61)/t30-,33-,40?,43-/m1/s1. The van der Waals surface area contributed by atoms with E-state index >= 15 is 4.39 Å². The average Bonchev–Trinajstić information content (AvgIpc) is 3.81. The first kappa shape index (κ1) is 40.7. The molecule has 7 aliphatic rings. The second kappa shape index (κ2) is 15.6. The van der Waals surface area contributed by atoms with Crippen LogP contribution in [-0.4, -0.2) is 124 Å². The minimum Gasteiger partial charge on any atom is -0.489 e. The molecule has 1 spiro atoms. The van der Waals surface area contributed by atoms with Crippen LogP contribution in [0.5, 0.6) is 5.75 Å². The molecular formula is C49H60FN9O4. The van der Waals surface area contributed by atoms with Gasteiger partial charge in [-0.2, -0.15) is 0 Å². The molecule has 1 aliphatic carbocycles. The van der Waals surface area contributed by atoms with Crippen LogP contribution in [0.4, 0.5) is 16.0 Å². The summed E-state index contributed by atoms with van der Waals surface area (Å²) in [7, 11) is 0. The van der Waals surface area contributed by atoms with Crippen LogP contribution in [0.25, 0.3) is 10.9 Å². The topological polar surface area (TPSA) is 130 Å². The Bertz CT molecular complexity index is 2430. The molecule has 6 aliphatic heterocycles. The van der Waals surface area contributed by atoms with E-state index in [1.165, 1.54) is 49.5 Å². The predicted molar refractivity (Wildman–Crippen MR) is 239 cm³/mol. The Morgan fingerprint density at radius 2 is 1.70 bits per heavy atom. The lowest BCUT2D eigenvalue weighted by molar-refractivity contribution is -0.136. The number of anilines is 2. The highest BCUT2D eigenvalue weighted by Crippen LogP contribution is 2.48. The van der Waals surface area contributed by atoms with Gasteiger partial charge in [-0.3, -0.25) is 29.5 Å². The number of carbonyl (C=O) groups is 3. The zero-order valence-electron chi connectivity index (χ0n) is 36.9. The van der Waals surface area contributed by atoms with Gasteiger partial charge in [0, 0.05) is 104 Å². The van der Waals surface area contributed by atoms with Crippen LogP contribution in [0.1, 0.15) is 111 Å². The summed E-state index contributed by atoms with van der Waals surface area (Å²) in [6.07, 6.45) is 12.8. The van der Waals surface area contributed by atoms with Crippen molar-refractivity contribution in [2.24, 2.45) is 11.3 Å². The highest BCUT2D eigenvalue weighted by atomic mass is 19.1. The number of benzene rings is 2. The predicted octanol–water partition coefficient (Wildman–Crippen LogP) is 6.16. The number of aromatic nitrogens is 3. The number of halogens is 1. The number of para-hydroxylation sites is 1. The van der Waals surface area contributed by atoms with Crippen LogP contribution >= 0.6 is 0 Å². The molecule has 4 fully saturated rings. The summed E-state index contributed by atoms with van der Waals surface area (Å²) < 4.78 is 21.7. The van der Waals surface area contributed by atoms with E-state index in [2.05, 4.69) is 61.1 Å². The van der Waals surface area contributed by atoms with Gasteiger partial charge < -0.3 is 24.4 Å². The number of imide groups is 1. The molecule has 63 heavy (non-hydrogen) atoms. The van der Waals surface area contributed by atoms with Crippen molar-refractivity contribution in [1.29, 1.82) is 0 Å². The van der Waals surface area contributed by atoms with Crippen molar-refractivity contribution in [2.75, 3.05) is 62.2 Å². The van der Waals surface area contributed by atoms with Gasteiger partial charge in [0.1, 0.15) is 24.1 Å². The van der Waals surface area contributed by atoms with Crippen LogP contribution in [0.2, 0.25) is 0 Å². The fourth-order valence-electron chi connectivity index (χ4n) is 12.4. The molecule has 3 saturated heterocycles. The highest BCUT2D eigenvalue weighted by molar-refractivity contribution is 6.06. The molecule has 4 aromatic rings. The van der Waals surface area contributed by atoms with Gasteiger partial charge in [-0.15, -0.1) is 0 Å². The van der Waals surface area contributed by atoms with Gasteiger partial charge in [0.05, 0.1) is 24.3 Å². The maximum Gasteiger partial charge on any atom is 0.255 e. The van der Waals surface area contributed by atoms with Crippen LogP contribution < -0.4 is 19.9 Å². The van der Waals surface area contributed by atoms with Crippen LogP contribution in [-0.2, 0) is 22.6 Å². The Kier molecular flexibility index (Phi) is 10.1. The van der Waals surface area contributed by atoms with Crippen molar-refractivity contribution < 1.29 is 23.5 Å². The van der Waals surface area contributed by atoms with Crippen molar-refractivity contribution in [3.05, 3.63) is 76.7 Å². The van der Waals surface area contributed by atoms with E-state index in [0.717, 1.165) is 85.4 Å². The SMILES string of the molecule is C[C@@H]1Cc2c([nH]c3ccccc23)[C@@H](c2cnc(N3CCC4(CCC(CN5CCN6c7ccc8c(c7OC[C@H]6C5)CN(C5CCC(=O)NC5=O)C8=O)CC4)CC3)nc2)N1CC(C)(C)F. The van der Waals surface area contributed by atoms with Crippen molar-refractivity contribution in [3.8, 4) is 5.75 Å². The molecule has 332 valence electrons. The monoisotopic (exact) mass is 857 g/mol. The Balaban J connectivity index is 0.687. The lowest BCUT2D eigenvalue weighted by atomic mass is 9.65. The molecule has 0 radical (unpaired) electrons. The Hall–Kier alpha value is -5.08. The number of piperazine rings is 1. The quantitative estimate of drug-likeness (QED) is 0.209. The number of fused-ring (bicyclic) bond motifs is 8. The maximum absolute atomic E-state index is 15.3. The lowest BCUT2D eigenvalue weighted by Crippen LogP contribution is -2.58. The molecular weight excluding hydrogens is 798 g/mol. The van der Waals surface area contributed by atoms with Gasteiger partial charge in [0.15, 0.2) is 0 Å². The number of piperidine rings is 2. The molecule has 2 N–H and O–H groups in total. The summed E-state index contributed by atoms with van der Waals surface area (Å²) in [4.78, 5) is 62.8. The van der Waals surface area contributed by atoms with Crippen LogP contribution in [0.15, 0.2) is 48.8 Å². The number of amides is 3. The first-order valence-corrected chi connectivity index (χ1v) is 23.4. The number of aromatic amines is 1. The minimum atomic E-state index is -1.34. The number of hydrogen-bond acceptors (Lipinski definition) is 10. The number of ether oxygens (including phenoxy) is 1. The van der Waals surface area contributed by atoms with E-state index in [1.807, 2.05) is 24.5 Å². The van der Waals surface area contributed by atoms with Crippen molar-refractivity contribution in [2.45, 2.75) is 115 Å². The molecule has 11 rings (SSSR count). The number of carbonyl (C=O) groups excluding carboxylic acids is 3. The molecule has 2 aromatic heterocycles. The summed E-state index contributed by atoms with van der Waals surface area (Å²) in [5, 5.41) is 3.64. The average molecular weight is 858 g/mol. The summed E-state index contributed by atoms with van der Waals surface area (Å²) in [6, 6.07) is 12.0. The molecule has 1 unspecified atom stereocenters. The van der Waals surface area contributed by atoms with Crippen molar-refractivity contribution >= 4 is 40.3 Å². The molecule has 4 atom stereocenters. The van der Waals surface area contributed by atoms with Gasteiger partial charge in [-0.25, -0.2) is 14.4 Å². The normalized spacial score (nSPS) is 26.7. The third-order valence-electron chi connectivity index (χ3n) is 15.8. The molecule has 0 bridgehead atoms. The van der Waals surface area contributed by atoms with E-state index in [9.17, 15) is 14.4 Å². The van der Waals surface area contributed by atoms with E-state index in [-0.39, 0.29) is 36.4 Å². The molecule has 3 amide bonds. The molecule has 1 saturated carbocycles. The van der Waals surface area contributed by atoms with Gasteiger partial charge in [-0.1, -0.05) is 18.2 Å². The number of hydrogen-bond donors (Lipinski definition) is 2.